The predicted molar refractivity (Wildman–Crippen MR) is 76.5 cm³/mol. The third-order valence-electron chi connectivity index (χ3n) is 3.63. The zero-order valence-electron chi connectivity index (χ0n) is 12.3. The molecule has 1 amide bonds. The van der Waals surface area contributed by atoms with Crippen LogP contribution in [0.1, 0.15) is 43.6 Å². The lowest BCUT2D eigenvalue weighted by atomic mass is 9.86. The quantitative estimate of drug-likeness (QED) is 0.778. The van der Waals surface area contributed by atoms with Gasteiger partial charge >= 0.3 is 0 Å². The molecular weight excluding hydrogens is 238 g/mol. The summed E-state index contributed by atoms with van der Waals surface area (Å²) in [5, 5.41) is 0. The van der Waals surface area contributed by atoms with Crippen molar-refractivity contribution in [2.45, 2.75) is 39.2 Å². The molecule has 1 aliphatic rings. The van der Waals surface area contributed by atoms with Crippen LogP contribution >= 0.6 is 0 Å². The molecule has 3 heteroatoms. The molecule has 1 aromatic carbocycles. The second-order valence-electron chi connectivity index (χ2n) is 6.25. The number of hydrogen-bond donors (Lipinski definition) is 0. The van der Waals surface area contributed by atoms with Gasteiger partial charge < -0.3 is 9.64 Å². The Balaban J connectivity index is 2.15. The molecule has 2 rings (SSSR count). The van der Waals surface area contributed by atoms with Crippen molar-refractivity contribution in [1.82, 2.24) is 4.90 Å². The van der Waals surface area contributed by atoms with E-state index in [1.165, 1.54) is 5.56 Å². The molecule has 19 heavy (non-hydrogen) atoms. The Morgan fingerprint density at radius 2 is 1.89 bits per heavy atom. The van der Waals surface area contributed by atoms with E-state index < -0.39 is 0 Å². The zero-order chi connectivity index (χ0) is 14.0. The number of ether oxygens (including phenoxy) is 1. The van der Waals surface area contributed by atoms with Crippen molar-refractivity contribution in [2.24, 2.45) is 0 Å². The monoisotopic (exact) mass is 261 g/mol. The van der Waals surface area contributed by atoms with Crippen LogP contribution < -0.4 is 0 Å². The van der Waals surface area contributed by atoms with Gasteiger partial charge in [0.25, 0.3) is 5.91 Å². The highest BCUT2D eigenvalue weighted by atomic mass is 16.5. The molecule has 0 aromatic heterocycles. The van der Waals surface area contributed by atoms with Gasteiger partial charge in [-0.15, -0.1) is 0 Å². The molecule has 3 nitrogen and oxygen atoms in total. The highest BCUT2D eigenvalue weighted by Gasteiger charge is 2.25. The van der Waals surface area contributed by atoms with Gasteiger partial charge in [-0.05, 0) is 30.0 Å². The van der Waals surface area contributed by atoms with Crippen molar-refractivity contribution in [2.75, 3.05) is 19.8 Å². The minimum Gasteiger partial charge on any atom is -0.377 e. The summed E-state index contributed by atoms with van der Waals surface area (Å²) in [7, 11) is 0. The maximum atomic E-state index is 12.4. The lowest BCUT2D eigenvalue weighted by Crippen LogP contribution is -2.47. The molecule has 0 spiro atoms. The topological polar surface area (TPSA) is 29.5 Å². The molecule has 1 atom stereocenters. The first-order valence-corrected chi connectivity index (χ1v) is 6.89. The lowest BCUT2D eigenvalue weighted by Gasteiger charge is -2.33. The van der Waals surface area contributed by atoms with Gasteiger partial charge in [0.2, 0.25) is 0 Å². The normalized spacial score (nSPS) is 20.4. The minimum atomic E-state index is 0.108. The van der Waals surface area contributed by atoms with Crippen LogP contribution in [0.5, 0.6) is 0 Å². The van der Waals surface area contributed by atoms with E-state index in [2.05, 4.69) is 32.9 Å². The fourth-order valence-corrected chi connectivity index (χ4v) is 2.31. The fraction of sp³-hybridized carbons (Fsp3) is 0.562. The molecule has 0 saturated carbocycles. The van der Waals surface area contributed by atoms with E-state index >= 15 is 0 Å². The van der Waals surface area contributed by atoms with Crippen LogP contribution in [0, 0.1) is 0 Å². The molecular formula is C16H23NO2. The Hall–Kier alpha value is -1.35. The Morgan fingerprint density at radius 1 is 1.26 bits per heavy atom. The first kappa shape index (κ1) is 14.1. The summed E-state index contributed by atoms with van der Waals surface area (Å²) in [5.41, 5.74) is 2.13. The molecule has 1 aliphatic heterocycles. The van der Waals surface area contributed by atoms with Gasteiger partial charge in [0.15, 0.2) is 0 Å². The SMILES string of the molecule is CC1COCCN1C(=O)c1ccc(C(C)(C)C)cc1. The van der Waals surface area contributed by atoms with Crippen LogP contribution in [-0.4, -0.2) is 36.6 Å². The van der Waals surface area contributed by atoms with E-state index in [1.54, 1.807) is 0 Å². The summed E-state index contributed by atoms with van der Waals surface area (Å²) in [6.45, 7) is 10.5. The molecule has 1 aromatic rings. The summed E-state index contributed by atoms with van der Waals surface area (Å²) in [5.74, 6) is 0.108. The van der Waals surface area contributed by atoms with Crippen LogP contribution in [-0.2, 0) is 10.2 Å². The molecule has 0 radical (unpaired) electrons. The molecule has 104 valence electrons. The number of rotatable bonds is 1. The van der Waals surface area contributed by atoms with E-state index in [-0.39, 0.29) is 17.4 Å². The maximum Gasteiger partial charge on any atom is 0.254 e. The van der Waals surface area contributed by atoms with Gasteiger partial charge in [-0.2, -0.15) is 0 Å². The number of benzene rings is 1. The third kappa shape index (κ3) is 3.16. The predicted octanol–water partition coefficient (Wildman–Crippen LogP) is 2.85. The van der Waals surface area contributed by atoms with Gasteiger partial charge in [0.1, 0.15) is 0 Å². The number of hydrogen-bond acceptors (Lipinski definition) is 2. The summed E-state index contributed by atoms with van der Waals surface area (Å²) < 4.78 is 5.37. The minimum absolute atomic E-state index is 0.108. The summed E-state index contributed by atoms with van der Waals surface area (Å²) >= 11 is 0. The Kier molecular flexibility index (Phi) is 3.95. The summed E-state index contributed by atoms with van der Waals surface area (Å²) in [6.07, 6.45) is 0. The van der Waals surface area contributed by atoms with Crippen molar-refractivity contribution >= 4 is 5.91 Å². The van der Waals surface area contributed by atoms with Crippen LogP contribution in [0.2, 0.25) is 0 Å². The molecule has 1 saturated heterocycles. The first-order chi connectivity index (χ1) is 8.89. The van der Waals surface area contributed by atoms with E-state index in [9.17, 15) is 4.79 Å². The second-order valence-corrected chi connectivity index (χ2v) is 6.25. The van der Waals surface area contributed by atoms with E-state index in [1.807, 2.05) is 24.0 Å². The van der Waals surface area contributed by atoms with Crippen molar-refractivity contribution in [3.63, 3.8) is 0 Å². The van der Waals surface area contributed by atoms with Crippen molar-refractivity contribution in [3.05, 3.63) is 35.4 Å². The van der Waals surface area contributed by atoms with Crippen LogP contribution in [0.25, 0.3) is 0 Å². The first-order valence-electron chi connectivity index (χ1n) is 6.89. The molecule has 0 bridgehead atoms. The molecule has 1 unspecified atom stereocenters. The van der Waals surface area contributed by atoms with E-state index in [0.717, 1.165) is 5.56 Å². The van der Waals surface area contributed by atoms with Gasteiger partial charge in [-0.1, -0.05) is 32.9 Å². The Morgan fingerprint density at radius 3 is 2.42 bits per heavy atom. The van der Waals surface area contributed by atoms with Gasteiger partial charge in [-0.25, -0.2) is 0 Å². The average molecular weight is 261 g/mol. The van der Waals surface area contributed by atoms with E-state index in [4.69, 9.17) is 4.74 Å². The van der Waals surface area contributed by atoms with Gasteiger partial charge in [-0.3, -0.25) is 4.79 Å². The second kappa shape index (κ2) is 5.33. The third-order valence-corrected chi connectivity index (χ3v) is 3.63. The van der Waals surface area contributed by atoms with Crippen molar-refractivity contribution in [3.8, 4) is 0 Å². The van der Waals surface area contributed by atoms with Crippen molar-refractivity contribution < 1.29 is 9.53 Å². The van der Waals surface area contributed by atoms with E-state index in [0.29, 0.717) is 19.8 Å². The summed E-state index contributed by atoms with van der Waals surface area (Å²) in [6, 6.07) is 8.14. The Bertz CT molecular complexity index is 445. The fourth-order valence-electron chi connectivity index (χ4n) is 2.31. The average Bonchev–Trinajstić information content (AvgIpc) is 2.38. The highest BCUT2D eigenvalue weighted by molar-refractivity contribution is 5.94. The smallest absolute Gasteiger partial charge is 0.254 e. The van der Waals surface area contributed by atoms with Gasteiger partial charge in [0, 0.05) is 12.1 Å². The van der Waals surface area contributed by atoms with Crippen LogP contribution in [0.3, 0.4) is 0 Å². The molecule has 1 fully saturated rings. The standard InChI is InChI=1S/C16H23NO2/c1-12-11-19-10-9-17(12)15(18)13-5-7-14(8-6-13)16(2,3)4/h5-8,12H,9-11H2,1-4H3. The van der Waals surface area contributed by atoms with Crippen molar-refractivity contribution in [1.29, 1.82) is 0 Å². The molecule has 1 heterocycles. The lowest BCUT2D eigenvalue weighted by molar-refractivity contribution is 0.00359. The molecule has 0 N–H and O–H groups in total. The zero-order valence-corrected chi connectivity index (χ0v) is 12.3. The Labute approximate surface area is 115 Å². The number of nitrogens with zero attached hydrogens (tertiary/aromatic N) is 1. The van der Waals surface area contributed by atoms with Gasteiger partial charge in [0.05, 0.1) is 19.3 Å². The number of carbonyl (C=O) groups is 1. The van der Waals surface area contributed by atoms with Crippen LogP contribution in [0.4, 0.5) is 0 Å². The summed E-state index contributed by atoms with van der Waals surface area (Å²) in [4.78, 5) is 14.3. The number of amides is 1. The number of morpholine rings is 1. The maximum absolute atomic E-state index is 12.4. The largest absolute Gasteiger partial charge is 0.377 e. The highest BCUT2D eigenvalue weighted by Crippen LogP contribution is 2.23. The van der Waals surface area contributed by atoms with Crippen LogP contribution in [0.15, 0.2) is 24.3 Å². The number of carbonyl (C=O) groups excluding carboxylic acids is 1. The molecule has 0 aliphatic carbocycles.